The lowest BCUT2D eigenvalue weighted by molar-refractivity contribution is -0.141. The summed E-state index contributed by atoms with van der Waals surface area (Å²) in [7, 11) is 0.293. The Hall–Kier alpha value is -5.71. The van der Waals surface area contributed by atoms with Crippen LogP contribution in [0, 0.1) is 0 Å². The van der Waals surface area contributed by atoms with Crippen LogP contribution in [0.2, 0.25) is 5.02 Å². The number of hydrogen-bond acceptors (Lipinski definition) is 10. The number of unbranched alkanes of at least 4 members (excludes halogenated alkanes) is 1. The van der Waals surface area contributed by atoms with Crippen molar-refractivity contribution in [2.24, 2.45) is 5.73 Å². The molecule has 6 atom stereocenters. The fourth-order valence-electron chi connectivity index (χ4n) is 7.12. The van der Waals surface area contributed by atoms with E-state index in [9.17, 15) is 42.3 Å². The minimum Gasteiger partial charge on any atom is -0.507 e. The van der Waals surface area contributed by atoms with Crippen molar-refractivity contribution in [3.05, 3.63) is 107 Å². The summed E-state index contributed by atoms with van der Waals surface area (Å²) in [4.78, 5) is 84.2. The second-order valence-electron chi connectivity index (χ2n) is 15.7. The van der Waals surface area contributed by atoms with Crippen LogP contribution in [-0.4, -0.2) is 104 Å². The van der Waals surface area contributed by atoms with Crippen LogP contribution in [-0.2, 0) is 40.4 Å². The molecule has 0 aliphatic carbocycles. The molecule has 1 heterocycles. The van der Waals surface area contributed by atoms with Gasteiger partial charge in [0.05, 0.1) is 18.8 Å². The van der Waals surface area contributed by atoms with E-state index in [1.807, 2.05) is 12.1 Å². The minimum absolute atomic E-state index is 0.0806. The molecule has 0 radical (unpaired) electrons. The quantitative estimate of drug-likeness (QED) is 0.0678. The SMILES string of the molecule is C[C@H](NC(=O)[C@@H]1Cc2ccc(P)c(c2)-c2cc(ccc2O)[C@H](N(C)C(=O)[C@H](CCCCN)NC(=O)c2ccc(-c3ccc(Cl)cc3)cc2)C(=O)N[C@@H](C)C(=O)N1)C(=O)CNS(C)(=O)=O. The molecule has 64 heavy (non-hydrogen) atoms. The third-order valence-corrected chi connectivity index (χ3v) is 12.2. The average Bonchev–Trinajstić information content (AvgIpc) is 3.25. The van der Waals surface area contributed by atoms with Crippen molar-refractivity contribution in [1.29, 1.82) is 0 Å². The Kier molecular flexibility index (Phi) is 16.8. The first kappa shape index (κ1) is 49.3. The summed E-state index contributed by atoms with van der Waals surface area (Å²) in [5, 5.41) is 23.2. The van der Waals surface area contributed by atoms with Crippen molar-refractivity contribution in [1.82, 2.24) is 30.9 Å². The number of carbonyl (C=O) groups excluding carboxylic acids is 6. The van der Waals surface area contributed by atoms with Crippen molar-refractivity contribution < 1.29 is 42.3 Å². The molecule has 0 fully saturated rings. The predicted octanol–water partition coefficient (Wildman–Crippen LogP) is 2.48. The van der Waals surface area contributed by atoms with Crippen LogP contribution in [0.5, 0.6) is 5.75 Å². The Bertz CT molecular complexity index is 2510. The van der Waals surface area contributed by atoms with E-state index in [1.54, 1.807) is 60.7 Å². The van der Waals surface area contributed by atoms with Gasteiger partial charge in [-0.25, -0.2) is 13.1 Å². The molecule has 4 aromatic carbocycles. The van der Waals surface area contributed by atoms with Gasteiger partial charge in [0.15, 0.2) is 5.78 Å². The third kappa shape index (κ3) is 12.9. The number of carbonyl (C=O) groups is 6. The van der Waals surface area contributed by atoms with Gasteiger partial charge >= 0.3 is 0 Å². The fraction of sp³-hybridized carbons (Fsp3) is 0.333. The molecule has 0 aromatic heterocycles. The van der Waals surface area contributed by atoms with Crippen LogP contribution in [0.4, 0.5) is 0 Å². The topological polar surface area (TPSA) is 246 Å². The summed E-state index contributed by atoms with van der Waals surface area (Å²) in [6.45, 7) is 2.55. The number of ketones is 1. The van der Waals surface area contributed by atoms with Crippen LogP contribution in [0.3, 0.4) is 0 Å². The van der Waals surface area contributed by atoms with E-state index in [2.05, 4.69) is 35.2 Å². The molecule has 4 bridgehead atoms. The van der Waals surface area contributed by atoms with Crippen molar-refractivity contribution in [2.45, 2.75) is 69.7 Å². The van der Waals surface area contributed by atoms with Crippen LogP contribution in [0.15, 0.2) is 84.9 Å². The van der Waals surface area contributed by atoms with E-state index < -0.39 is 82.1 Å². The Labute approximate surface area is 379 Å². The molecule has 340 valence electrons. The van der Waals surface area contributed by atoms with Gasteiger partial charge in [-0.05, 0) is 109 Å². The molecule has 16 nitrogen and oxygen atoms in total. The number of nitrogens with zero attached hydrogens (tertiary/aromatic N) is 1. The van der Waals surface area contributed by atoms with E-state index in [-0.39, 0.29) is 24.2 Å². The van der Waals surface area contributed by atoms with Gasteiger partial charge in [-0.3, -0.25) is 28.8 Å². The summed E-state index contributed by atoms with van der Waals surface area (Å²) in [5.74, 6) is -4.22. The van der Waals surface area contributed by atoms with Gasteiger partial charge < -0.3 is 37.0 Å². The van der Waals surface area contributed by atoms with Gasteiger partial charge in [0.1, 0.15) is 29.9 Å². The highest BCUT2D eigenvalue weighted by molar-refractivity contribution is 7.88. The van der Waals surface area contributed by atoms with Crippen LogP contribution < -0.4 is 37.0 Å². The smallest absolute Gasteiger partial charge is 0.251 e. The zero-order valence-corrected chi connectivity index (χ0v) is 38.5. The van der Waals surface area contributed by atoms with Gasteiger partial charge in [0.2, 0.25) is 33.7 Å². The van der Waals surface area contributed by atoms with Crippen molar-refractivity contribution in [3.8, 4) is 28.0 Å². The molecule has 8 N–H and O–H groups in total. The number of amides is 5. The van der Waals surface area contributed by atoms with Crippen LogP contribution in [0.25, 0.3) is 22.3 Å². The molecule has 4 aromatic rings. The highest BCUT2D eigenvalue weighted by Gasteiger charge is 2.36. The number of rotatable bonds is 15. The Morgan fingerprint density at radius 3 is 2.20 bits per heavy atom. The van der Waals surface area contributed by atoms with Crippen LogP contribution >= 0.6 is 20.8 Å². The highest BCUT2D eigenvalue weighted by atomic mass is 35.5. The van der Waals surface area contributed by atoms with Gasteiger partial charge in [0, 0.05) is 29.6 Å². The van der Waals surface area contributed by atoms with Crippen molar-refractivity contribution in [2.75, 3.05) is 26.4 Å². The second-order valence-corrected chi connectivity index (χ2v) is 18.6. The summed E-state index contributed by atoms with van der Waals surface area (Å²) in [5.41, 5.74) is 9.45. The monoisotopic (exact) mass is 933 g/mol. The molecule has 1 aliphatic rings. The molecule has 0 spiro atoms. The van der Waals surface area contributed by atoms with E-state index in [0.717, 1.165) is 17.4 Å². The number of nitrogens with one attached hydrogen (secondary N) is 5. The van der Waals surface area contributed by atoms with E-state index in [0.29, 0.717) is 52.0 Å². The maximum absolute atomic E-state index is 14.6. The number of hydrogen-bond donors (Lipinski definition) is 7. The summed E-state index contributed by atoms with van der Waals surface area (Å²) in [6.07, 6.45) is 2.03. The molecule has 1 unspecified atom stereocenters. The number of likely N-dealkylation sites (N-methyl/N-ethyl adjacent to an activating group) is 1. The number of benzene rings is 4. The average molecular weight is 934 g/mol. The standard InChI is InChI=1S/C45H53ClN7O9PS/c1-25(38(55)24-48-64(4,61)62)49-43(58)36-22-27-8-19-39(63)34(21-27)33-23-31(15-18-37(33)54)40(44(59)50-26(2)41(56)52-36)53(3)45(60)35(7-5-6-20-47)51-42(57)30-11-9-28(10-12-30)29-13-16-32(46)17-14-29/h8-19,21,23,25-26,35-36,40,48,54H,5-7,20,22,24,47,63H2,1-4H3,(H,49,58)(H,50,59)(H,51,57)(H,52,56)/t25-,26-,35-,36-,40-/m0/s1. The highest BCUT2D eigenvalue weighted by Crippen LogP contribution is 2.34. The van der Waals surface area contributed by atoms with E-state index in [4.69, 9.17) is 17.3 Å². The molecule has 0 saturated carbocycles. The zero-order chi connectivity index (χ0) is 46.9. The molecule has 1 aliphatic heterocycles. The first-order valence-corrected chi connectivity index (χ1v) is 23.3. The lowest BCUT2D eigenvalue weighted by Crippen LogP contribution is -2.57. The Morgan fingerprint density at radius 1 is 0.906 bits per heavy atom. The summed E-state index contributed by atoms with van der Waals surface area (Å²) >= 11 is 6.05. The number of aromatic hydroxyl groups is 1. The van der Waals surface area contributed by atoms with Crippen molar-refractivity contribution >= 4 is 71.5 Å². The fourth-order valence-corrected chi connectivity index (χ4v) is 7.99. The van der Waals surface area contributed by atoms with Gasteiger partial charge in [-0.2, -0.15) is 0 Å². The van der Waals surface area contributed by atoms with Gasteiger partial charge in [-0.1, -0.05) is 60.1 Å². The maximum atomic E-state index is 14.6. The number of Topliss-reactive ketones (excluding diaryl/α,β-unsaturated/α-hetero) is 1. The molecular weight excluding hydrogens is 881 g/mol. The van der Waals surface area contributed by atoms with E-state index in [1.165, 1.54) is 37.9 Å². The summed E-state index contributed by atoms with van der Waals surface area (Å²) in [6, 6.07) is 17.5. The summed E-state index contributed by atoms with van der Waals surface area (Å²) < 4.78 is 25.2. The molecule has 0 saturated heterocycles. The first-order chi connectivity index (χ1) is 30.3. The number of fused-ring (bicyclic) bond motifs is 5. The second kappa shape index (κ2) is 21.8. The molecule has 19 heteroatoms. The zero-order valence-electron chi connectivity index (χ0n) is 35.8. The molecule has 5 amide bonds. The number of phenolic OH excluding ortho intramolecular Hbond substituents is 1. The lowest BCUT2D eigenvalue weighted by Gasteiger charge is -2.32. The molecular formula is C45H53ClN7O9PS. The van der Waals surface area contributed by atoms with Crippen LogP contribution in [0.1, 0.15) is 60.6 Å². The minimum atomic E-state index is -3.69. The maximum Gasteiger partial charge on any atom is 0.251 e. The van der Waals surface area contributed by atoms with E-state index >= 15 is 0 Å². The number of phenols is 1. The number of sulfonamides is 1. The predicted molar refractivity (Wildman–Crippen MR) is 248 cm³/mol. The number of nitrogens with two attached hydrogens (primary N) is 1. The van der Waals surface area contributed by atoms with Gasteiger partial charge in [0.25, 0.3) is 5.91 Å². The third-order valence-electron chi connectivity index (χ3n) is 10.8. The number of halogens is 1. The molecule has 5 rings (SSSR count). The first-order valence-electron chi connectivity index (χ1n) is 20.5. The van der Waals surface area contributed by atoms with Crippen molar-refractivity contribution in [3.63, 3.8) is 0 Å². The normalized spacial score (nSPS) is 17.5. The Balaban J connectivity index is 1.47. The lowest BCUT2D eigenvalue weighted by atomic mass is 9.94. The largest absolute Gasteiger partial charge is 0.507 e. The Morgan fingerprint density at radius 2 is 1.56 bits per heavy atom. The van der Waals surface area contributed by atoms with Gasteiger partial charge in [-0.15, -0.1) is 9.24 Å².